The number of amides is 1. The van der Waals surface area contributed by atoms with Gasteiger partial charge < -0.3 is 10.2 Å². The molecule has 0 aliphatic carbocycles. The van der Waals surface area contributed by atoms with Gasteiger partial charge in [-0.15, -0.1) is 0 Å². The lowest BCUT2D eigenvalue weighted by atomic mass is 9.98. The second-order valence-electron chi connectivity index (χ2n) is 6.59. The molecular formula is C19H20FN3O3. The minimum atomic E-state index is -0.516. The van der Waals surface area contributed by atoms with Gasteiger partial charge in [0.1, 0.15) is 11.5 Å². The smallest absolute Gasteiger partial charge is 0.293 e. The van der Waals surface area contributed by atoms with Crippen molar-refractivity contribution in [1.82, 2.24) is 0 Å². The van der Waals surface area contributed by atoms with Gasteiger partial charge in [0.05, 0.1) is 4.92 Å². The molecule has 136 valence electrons. The van der Waals surface area contributed by atoms with E-state index in [0.29, 0.717) is 17.3 Å². The first-order chi connectivity index (χ1) is 12.4. The zero-order chi connectivity index (χ0) is 18.7. The van der Waals surface area contributed by atoms with Crippen molar-refractivity contribution in [3.05, 3.63) is 64.0 Å². The topological polar surface area (TPSA) is 75.5 Å². The van der Waals surface area contributed by atoms with Crippen LogP contribution in [0.25, 0.3) is 0 Å². The van der Waals surface area contributed by atoms with Crippen LogP contribution in [0.4, 0.5) is 21.5 Å². The molecule has 0 unspecified atom stereocenters. The first-order valence-corrected chi connectivity index (χ1v) is 8.54. The molecule has 1 aliphatic heterocycles. The summed E-state index contributed by atoms with van der Waals surface area (Å²) in [6, 6.07) is 9.96. The molecule has 3 rings (SSSR count). The van der Waals surface area contributed by atoms with Crippen molar-refractivity contribution >= 4 is 23.0 Å². The predicted molar refractivity (Wildman–Crippen MR) is 98.1 cm³/mol. The van der Waals surface area contributed by atoms with Crippen LogP contribution >= 0.6 is 0 Å². The van der Waals surface area contributed by atoms with E-state index in [2.05, 4.69) is 12.2 Å². The summed E-state index contributed by atoms with van der Waals surface area (Å²) in [5, 5.41) is 14.1. The van der Waals surface area contributed by atoms with Crippen molar-refractivity contribution in [3.63, 3.8) is 0 Å². The van der Waals surface area contributed by atoms with Gasteiger partial charge in [-0.25, -0.2) is 4.39 Å². The SMILES string of the molecule is CC1CCN(c2ccc(C(=O)Nc3cccc(F)c3)cc2[N+](=O)[O-])CC1. The fraction of sp³-hybridized carbons (Fsp3) is 0.316. The van der Waals surface area contributed by atoms with E-state index < -0.39 is 16.6 Å². The highest BCUT2D eigenvalue weighted by molar-refractivity contribution is 6.05. The van der Waals surface area contributed by atoms with Crippen LogP contribution in [-0.4, -0.2) is 23.9 Å². The summed E-state index contributed by atoms with van der Waals surface area (Å²) >= 11 is 0. The van der Waals surface area contributed by atoms with E-state index >= 15 is 0 Å². The van der Waals surface area contributed by atoms with Gasteiger partial charge in [-0.05, 0) is 49.1 Å². The fourth-order valence-electron chi connectivity index (χ4n) is 3.10. The average Bonchev–Trinajstić information content (AvgIpc) is 2.62. The number of nitrogens with one attached hydrogen (secondary N) is 1. The summed E-state index contributed by atoms with van der Waals surface area (Å²) in [7, 11) is 0. The summed E-state index contributed by atoms with van der Waals surface area (Å²) in [6.45, 7) is 3.69. The molecule has 1 N–H and O–H groups in total. The van der Waals surface area contributed by atoms with Crippen LogP contribution in [0.2, 0.25) is 0 Å². The molecule has 0 spiro atoms. The lowest BCUT2D eigenvalue weighted by molar-refractivity contribution is -0.384. The molecule has 0 atom stereocenters. The Hall–Kier alpha value is -2.96. The van der Waals surface area contributed by atoms with Crippen molar-refractivity contribution in [1.29, 1.82) is 0 Å². The monoisotopic (exact) mass is 357 g/mol. The fourth-order valence-corrected chi connectivity index (χ4v) is 3.10. The minimum absolute atomic E-state index is 0.0913. The van der Waals surface area contributed by atoms with Crippen molar-refractivity contribution in [3.8, 4) is 0 Å². The van der Waals surface area contributed by atoms with Gasteiger partial charge in [0.2, 0.25) is 0 Å². The quantitative estimate of drug-likeness (QED) is 0.656. The Balaban J connectivity index is 1.83. The van der Waals surface area contributed by atoms with E-state index in [4.69, 9.17) is 0 Å². The molecule has 0 bridgehead atoms. The highest BCUT2D eigenvalue weighted by atomic mass is 19.1. The Labute approximate surface area is 150 Å². The third kappa shape index (κ3) is 3.99. The molecular weight excluding hydrogens is 337 g/mol. The second-order valence-corrected chi connectivity index (χ2v) is 6.59. The first-order valence-electron chi connectivity index (χ1n) is 8.54. The molecule has 7 heteroatoms. The number of piperidine rings is 1. The Bertz CT molecular complexity index is 833. The normalized spacial score (nSPS) is 14.9. The van der Waals surface area contributed by atoms with Gasteiger partial charge in [-0.2, -0.15) is 0 Å². The van der Waals surface area contributed by atoms with Gasteiger partial charge in [0, 0.05) is 30.4 Å². The number of rotatable bonds is 4. The number of hydrogen-bond acceptors (Lipinski definition) is 4. The lowest BCUT2D eigenvalue weighted by Gasteiger charge is -2.31. The summed E-state index contributed by atoms with van der Waals surface area (Å²) in [5.74, 6) is -0.373. The average molecular weight is 357 g/mol. The number of nitro groups is 1. The molecule has 2 aromatic rings. The van der Waals surface area contributed by atoms with E-state index in [9.17, 15) is 19.3 Å². The zero-order valence-corrected chi connectivity index (χ0v) is 14.4. The molecule has 0 radical (unpaired) electrons. The van der Waals surface area contributed by atoms with Crippen LogP contribution in [0.15, 0.2) is 42.5 Å². The number of carbonyl (C=O) groups is 1. The van der Waals surface area contributed by atoms with Crippen LogP contribution in [0.3, 0.4) is 0 Å². The summed E-state index contributed by atoms with van der Waals surface area (Å²) in [5.41, 5.74) is 0.900. The van der Waals surface area contributed by atoms with Crippen LogP contribution in [-0.2, 0) is 0 Å². The van der Waals surface area contributed by atoms with Crippen molar-refractivity contribution in [2.24, 2.45) is 5.92 Å². The molecule has 2 aromatic carbocycles. The molecule has 1 saturated heterocycles. The number of carbonyl (C=O) groups excluding carboxylic acids is 1. The summed E-state index contributed by atoms with van der Waals surface area (Å²) in [4.78, 5) is 25.4. The Kier molecular flexibility index (Phi) is 5.16. The molecule has 1 heterocycles. The van der Waals surface area contributed by atoms with E-state index in [0.717, 1.165) is 25.9 Å². The number of anilines is 2. The van der Waals surface area contributed by atoms with Crippen molar-refractivity contribution in [2.45, 2.75) is 19.8 Å². The molecule has 1 aliphatic rings. The molecule has 26 heavy (non-hydrogen) atoms. The molecule has 1 fully saturated rings. The van der Waals surface area contributed by atoms with Gasteiger partial charge in [0.15, 0.2) is 0 Å². The Morgan fingerprint density at radius 2 is 1.96 bits per heavy atom. The third-order valence-corrected chi connectivity index (χ3v) is 4.64. The number of nitro benzene ring substituents is 1. The number of halogens is 1. The van der Waals surface area contributed by atoms with Crippen molar-refractivity contribution < 1.29 is 14.1 Å². The maximum absolute atomic E-state index is 13.2. The third-order valence-electron chi connectivity index (χ3n) is 4.64. The lowest BCUT2D eigenvalue weighted by Crippen LogP contribution is -2.33. The van der Waals surface area contributed by atoms with E-state index in [-0.39, 0.29) is 11.3 Å². The maximum Gasteiger partial charge on any atom is 0.293 e. The Morgan fingerprint density at radius 3 is 2.62 bits per heavy atom. The number of hydrogen-bond donors (Lipinski definition) is 1. The molecule has 0 saturated carbocycles. The van der Waals surface area contributed by atoms with Gasteiger partial charge in [0.25, 0.3) is 11.6 Å². The second kappa shape index (κ2) is 7.51. The largest absolute Gasteiger partial charge is 0.366 e. The highest BCUT2D eigenvalue weighted by Crippen LogP contribution is 2.32. The summed E-state index contributed by atoms with van der Waals surface area (Å²) in [6.07, 6.45) is 1.97. The molecule has 0 aromatic heterocycles. The van der Waals surface area contributed by atoms with Crippen LogP contribution in [0, 0.1) is 21.8 Å². The van der Waals surface area contributed by atoms with E-state index in [1.54, 1.807) is 18.2 Å². The predicted octanol–water partition coefficient (Wildman–Crippen LogP) is 4.22. The zero-order valence-electron chi connectivity index (χ0n) is 14.4. The van der Waals surface area contributed by atoms with Crippen molar-refractivity contribution in [2.75, 3.05) is 23.3 Å². The number of nitrogens with zero attached hydrogens (tertiary/aromatic N) is 2. The van der Waals surface area contributed by atoms with E-state index in [1.165, 1.54) is 24.3 Å². The standard InChI is InChI=1S/C19H20FN3O3/c1-13-7-9-22(10-8-13)17-6-5-14(11-18(17)23(25)26)19(24)21-16-4-2-3-15(20)12-16/h2-6,11-13H,7-10H2,1H3,(H,21,24). The first kappa shape index (κ1) is 17.8. The highest BCUT2D eigenvalue weighted by Gasteiger charge is 2.24. The Morgan fingerprint density at radius 1 is 1.23 bits per heavy atom. The van der Waals surface area contributed by atoms with Gasteiger partial charge >= 0.3 is 0 Å². The maximum atomic E-state index is 13.2. The summed E-state index contributed by atoms with van der Waals surface area (Å²) < 4.78 is 13.2. The van der Waals surface area contributed by atoms with Crippen LogP contribution < -0.4 is 10.2 Å². The van der Waals surface area contributed by atoms with Gasteiger partial charge in [-0.3, -0.25) is 14.9 Å². The minimum Gasteiger partial charge on any atom is -0.366 e. The van der Waals surface area contributed by atoms with Crippen LogP contribution in [0.1, 0.15) is 30.1 Å². The molecule has 1 amide bonds. The van der Waals surface area contributed by atoms with E-state index in [1.807, 2.05) is 4.90 Å². The van der Waals surface area contributed by atoms with Gasteiger partial charge in [-0.1, -0.05) is 13.0 Å². The van der Waals surface area contributed by atoms with Crippen LogP contribution in [0.5, 0.6) is 0 Å². The number of benzene rings is 2. The molecule has 6 nitrogen and oxygen atoms in total.